The van der Waals surface area contributed by atoms with E-state index in [4.69, 9.17) is 10.5 Å². The first-order valence-electron chi connectivity index (χ1n) is 14.0. The van der Waals surface area contributed by atoms with E-state index >= 15 is 4.39 Å². The molecule has 1 aliphatic heterocycles. The number of likely N-dealkylation sites (tertiary alicyclic amines) is 1. The second kappa shape index (κ2) is 11.6. The monoisotopic (exact) mass is 588 g/mol. The number of imidazole rings is 1. The number of anilines is 3. The number of carbonyl (C=O) groups is 2. The van der Waals surface area contributed by atoms with Gasteiger partial charge >= 0.3 is 6.09 Å². The van der Waals surface area contributed by atoms with Crippen LogP contribution in [0.1, 0.15) is 58.9 Å². The van der Waals surface area contributed by atoms with Gasteiger partial charge in [-0.1, -0.05) is 6.07 Å². The molecule has 1 saturated heterocycles. The number of carbonyl (C=O) groups excluding carboxylic acids is 2. The maximum absolute atomic E-state index is 15.2. The molecule has 3 aromatic rings. The molecule has 1 aromatic carbocycles. The van der Waals surface area contributed by atoms with Gasteiger partial charge in [0.1, 0.15) is 34.6 Å². The third-order valence-corrected chi connectivity index (χ3v) is 7.60. The number of benzene rings is 1. The minimum Gasteiger partial charge on any atom is -0.444 e. The average Bonchev–Trinajstić information content (AvgIpc) is 3.28. The molecule has 5 rings (SSSR count). The summed E-state index contributed by atoms with van der Waals surface area (Å²) >= 11 is 0. The summed E-state index contributed by atoms with van der Waals surface area (Å²) in [5.74, 6) is -1.87. The lowest BCUT2D eigenvalue weighted by molar-refractivity contribution is -0.122. The van der Waals surface area contributed by atoms with Crippen LogP contribution in [0.25, 0.3) is 11.2 Å². The normalized spacial score (nSPS) is 23.0. The van der Waals surface area contributed by atoms with E-state index in [2.05, 4.69) is 25.6 Å². The zero-order valence-corrected chi connectivity index (χ0v) is 23.7. The van der Waals surface area contributed by atoms with Crippen molar-refractivity contribution in [1.82, 2.24) is 24.4 Å². The van der Waals surface area contributed by atoms with Gasteiger partial charge < -0.3 is 26.0 Å². The zero-order chi connectivity index (χ0) is 30.2. The second-order valence-corrected chi connectivity index (χ2v) is 11.8. The lowest BCUT2D eigenvalue weighted by atomic mass is 9.85. The average molecular weight is 589 g/mol. The number of primary amides is 1. The minimum absolute atomic E-state index is 0.141. The third kappa shape index (κ3) is 6.36. The summed E-state index contributed by atoms with van der Waals surface area (Å²) in [5.41, 5.74) is 5.23. The van der Waals surface area contributed by atoms with Crippen LogP contribution < -0.4 is 16.4 Å². The molecule has 226 valence electrons. The van der Waals surface area contributed by atoms with Crippen molar-refractivity contribution in [3.05, 3.63) is 36.0 Å². The van der Waals surface area contributed by atoms with E-state index in [0.29, 0.717) is 49.8 Å². The number of hydrogen-bond donors (Lipinski definition) is 3. The molecule has 2 fully saturated rings. The molecule has 2 atom stereocenters. The van der Waals surface area contributed by atoms with E-state index in [-0.39, 0.29) is 42.0 Å². The Morgan fingerprint density at radius 1 is 1.07 bits per heavy atom. The highest BCUT2D eigenvalue weighted by Crippen LogP contribution is 2.37. The van der Waals surface area contributed by atoms with Crippen molar-refractivity contribution in [1.29, 1.82) is 0 Å². The fourth-order valence-electron chi connectivity index (χ4n) is 5.47. The van der Waals surface area contributed by atoms with Gasteiger partial charge in [0.2, 0.25) is 17.8 Å². The molecule has 2 amide bonds. The van der Waals surface area contributed by atoms with Crippen molar-refractivity contribution >= 4 is 40.7 Å². The molecular formula is C28H35F3N8O3. The lowest BCUT2D eigenvalue weighted by Crippen LogP contribution is -2.51. The van der Waals surface area contributed by atoms with Crippen molar-refractivity contribution in [3.8, 4) is 0 Å². The molecule has 2 aromatic heterocycles. The Balaban J connectivity index is 1.40. The summed E-state index contributed by atoms with van der Waals surface area (Å²) in [6.07, 6.45) is 2.01. The molecule has 11 nitrogen and oxygen atoms in total. The van der Waals surface area contributed by atoms with Crippen molar-refractivity contribution in [2.24, 2.45) is 11.7 Å². The number of fused-ring (bicyclic) bond motifs is 1. The van der Waals surface area contributed by atoms with E-state index in [1.807, 2.05) is 0 Å². The van der Waals surface area contributed by atoms with Crippen LogP contribution in [0.4, 0.5) is 35.5 Å². The summed E-state index contributed by atoms with van der Waals surface area (Å²) in [6.45, 7) is 5.40. The molecule has 1 saturated carbocycles. The topological polar surface area (TPSA) is 140 Å². The van der Waals surface area contributed by atoms with Gasteiger partial charge in [0.15, 0.2) is 5.65 Å². The smallest absolute Gasteiger partial charge is 0.410 e. The maximum atomic E-state index is 15.2. The summed E-state index contributed by atoms with van der Waals surface area (Å²) in [7, 11) is 0. The Labute approximate surface area is 241 Å². The molecule has 1 aliphatic carbocycles. The Kier molecular flexibility index (Phi) is 8.15. The van der Waals surface area contributed by atoms with Crippen molar-refractivity contribution in [2.45, 2.75) is 76.7 Å². The number of nitrogens with zero attached hydrogens (tertiary/aromatic N) is 5. The molecule has 14 heteroatoms. The number of aromatic nitrogens is 4. The Bertz CT molecular complexity index is 1450. The van der Waals surface area contributed by atoms with Crippen molar-refractivity contribution in [3.63, 3.8) is 0 Å². The molecule has 0 unspecified atom stereocenters. The molecule has 0 bridgehead atoms. The van der Waals surface area contributed by atoms with Crippen LogP contribution in [-0.4, -0.2) is 67.3 Å². The Morgan fingerprint density at radius 3 is 2.38 bits per heavy atom. The number of hydrogen-bond acceptors (Lipinski definition) is 8. The number of piperidine rings is 1. The molecular weight excluding hydrogens is 553 g/mol. The Morgan fingerprint density at radius 2 is 1.76 bits per heavy atom. The van der Waals surface area contributed by atoms with Crippen LogP contribution in [0.15, 0.2) is 24.4 Å². The number of rotatable bonds is 6. The summed E-state index contributed by atoms with van der Waals surface area (Å²) in [4.78, 5) is 38.9. The van der Waals surface area contributed by atoms with Gasteiger partial charge in [-0.3, -0.25) is 9.36 Å². The number of halogens is 3. The van der Waals surface area contributed by atoms with E-state index in [1.54, 1.807) is 25.3 Å². The lowest BCUT2D eigenvalue weighted by Gasteiger charge is -2.35. The van der Waals surface area contributed by atoms with Crippen LogP contribution in [0, 0.1) is 17.6 Å². The highest BCUT2D eigenvalue weighted by atomic mass is 19.1. The molecule has 3 heterocycles. The van der Waals surface area contributed by atoms with Gasteiger partial charge in [0.25, 0.3) is 0 Å². The predicted octanol–water partition coefficient (Wildman–Crippen LogP) is 4.82. The minimum atomic E-state index is -1.40. The number of amides is 2. The van der Waals surface area contributed by atoms with Crippen LogP contribution in [0.5, 0.6) is 0 Å². The zero-order valence-electron chi connectivity index (χ0n) is 23.7. The van der Waals surface area contributed by atoms with Crippen molar-refractivity contribution in [2.75, 3.05) is 23.7 Å². The molecule has 0 radical (unpaired) electrons. The molecule has 0 spiro atoms. The van der Waals surface area contributed by atoms with Gasteiger partial charge in [-0.05, 0) is 65.0 Å². The first kappa shape index (κ1) is 29.4. The van der Waals surface area contributed by atoms with Gasteiger partial charge in [-0.2, -0.15) is 4.98 Å². The van der Waals surface area contributed by atoms with E-state index in [9.17, 15) is 18.4 Å². The molecule has 42 heavy (non-hydrogen) atoms. The second-order valence-electron chi connectivity index (χ2n) is 11.8. The van der Waals surface area contributed by atoms with Gasteiger partial charge in [0.05, 0.1) is 18.8 Å². The van der Waals surface area contributed by atoms with E-state index in [0.717, 1.165) is 12.1 Å². The fourth-order valence-corrected chi connectivity index (χ4v) is 5.47. The third-order valence-electron chi connectivity index (χ3n) is 7.60. The van der Waals surface area contributed by atoms with E-state index in [1.165, 1.54) is 17.2 Å². The quantitative estimate of drug-likeness (QED) is 0.372. The first-order valence-corrected chi connectivity index (χ1v) is 14.0. The number of ether oxygens (including phenoxy) is 1. The SMILES string of the molecule is CC(C)(C)OC(=O)N1CC[C@H](Nc2ncc3nc(Nc4c(F)cccc4F)n(C4CCC(C(N)=O)CC4)c3n2)[C@H](F)C1. The van der Waals surface area contributed by atoms with Crippen LogP contribution in [0.3, 0.4) is 0 Å². The van der Waals surface area contributed by atoms with Crippen LogP contribution in [0.2, 0.25) is 0 Å². The largest absolute Gasteiger partial charge is 0.444 e. The van der Waals surface area contributed by atoms with Gasteiger partial charge in [-0.15, -0.1) is 0 Å². The van der Waals surface area contributed by atoms with Crippen LogP contribution >= 0.6 is 0 Å². The highest BCUT2D eigenvalue weighted by Gasteiger charge is 2.35. The van der Waals surface area contributed by atoms with E-state index < -0.39 is 35.5 Å². The number of nitrogens with one attached hydrogen (secondary N) is 2. The predicted molar refractivity (Wildman–Crippen MR) is 150 cm³/mol. The highest BCUT2D eigenvalue weighted by molar-refractivity contribution is 5.78. The maximum Gasteiger partial charge on any atom is 0.410 e. The molecule has 2 aliphatic rings. The number of para-hydroxylation sites is 1. The van der Waals surface area contributed by atoms with Crippen LogP contribution in [-0.2, 0) is 9.53 Å². The van der Waals surface area contributed by atoms with Gasteiger partial charge in [-0.25, -0.2) is 27.9 Å². The Hall–Kier alpha value is -4.10. The number of alkyl halides is 1. The van der Waals surface area contributed by atoms with Crippen molar-refractivity contribution < 1.29 is 27.5 Å². The fraction of sp³-hybridized carbons (Fsp3) is 0.536. The standard InChI is InChI=1S/C28H35F3N8O3/c1-28(2,3)42-27(41)38-12-11-20(19(31)14-38)34-25-33-13-21-24(37-25)39(16-9-7-15(8-10-16)23(32)40)26(35-21)36-22-17(29)5-4-6-18(22)30/h4-6,13,15-16,19-20H,7-12,14H2,1-3H3,(H2,32,40)(H,35,36)(H,33,34,37)/t15?,16?,19-,20+/m1/s1. The summed E-state index contributed by atoms with van der Waals surface area (Å²) in [6, 6.07) is 2.69. The number of nitrogens with two attached hydrogens (primary N) is 1. The summed E-state index contributed by atoms with van der Waals surface area (Å²) in [5, 5.41) is 5.82. The first-order chi connectivity index (χ1) is 19.9. The summed E-state index contributed by atoms with van der Waals surface area (Å²) < 4.78 is 51.4. The van der Waals surface area contributed by atoms with Gasteiger partial charge in [0, 0.05) is 18.5 Å². The molecule has 4 N–H and O–H groups in total.